The van der Waals surface area contributed by atoms with Crippen molar-refractivity contribution in [3.63, 3.8) is 0 Å². The molecule has 2 fully saturated rings. The molecule has 1 N–H and O–H groups in total. The number of nitrogens with one attached hydrogen (secondary N) is 1. The first-order valence-electron chi connectivity index (χ1n) is 8.10. The van der Waals surface area contributed by atoms with Crippen LogP contribution < -0.4 is 10.2 Å². The van der Waals surface area contributed by atoms with E-state index in [1.54, 1.807) is 12.1 Å². The van der Waals surface area contributed by atoms with Crippen LogP contribution in [0.4, 0.5) is 10.1 Å². The molecule has 2 atom stereocenters. The lowest BCUT2D eigenvalue weighted by Crippen LogP contribution is -2.58. The van der Waals surface area contributed by atoms with E-state index in [0.29, 0.717) is 12.1 Å². The number of nitrogens with zero attached hydrogens (tertiary/aromatic N) is 1. The Morgan fingerprint density at radius 3 is 2.71 bits per heavy atom. The molecule has 2 aliphatic rings. The summed E-state index contributed by atoms with van der Waals surface area (Å²) in [7, 11) is 0. The van der Waals surface area contributed by atoms with Crippen LogP contribution in [0.25, 0.3) is 0 Å². The Balaban J connectivity index is 1.74. The van der Waals surface area contributed by atoms with Crippen LogP contribution in [-0.4, -0.2) is 25.2 Å². The third kappa shape index (κ3) is 3.35. The van der Waals surface area contributed by atoms with E-state index in [1.807, 2.05) is 6.07 Å². The summed E-state index contributed by atoms with van der Waals surface area (Å²) in [4.78, 5) is 2.33. The van der Waals surface area contributed by atoms with Crippen molar-refractivity contribution in [2.24, 2.45) is 5.92 Å². The van der Waals surface area contributed by atoms with Crippen LogP contribution in [0.5, 0.6) is 0 Å². The second kappa shape index (κ2) is 6.53. The average Bonchev–Trinajstić information content (AvgIpc) is 2.51. The molecule has 4 heteroatoms. The van der Waals surface area contributed by atoms with Gasteiger partial charge in [0.1, 0.15) is 5.82 Å². The Hall–Kier alpha value is -0.800. The van der Waals surface area contributed by atoms with Crippen molar-refractivity contribution in [2.75, 3.05) is 18.0 Å². The first kappa shape index (κ1) is 15.1. The van der Waals surface area contributed by atoms with Gasteiger partial charge in [-0.2, -0.15) is 0 Å². The van der Waals surface area contributed by atoms with Gasteiger partial charge in [0.2, 0.25) is 0 Å². The molecule has 0 amide bonds. The zero-order chi connectivity index (χ0) is 14.8. The minimum atomic E-state index is -0.325. The number of hydrogen-bond acceptors (Lipinski definition) is 2. The second-order valence-electron chi connectivity index (χ2n) is 6.51. The van der Waals surface area contributed by atoms with Crippen molar-refractivity contribution in [3.8, 4) is 0 Å². The molecule has 21 heavy (non-hydrogen) atoms. The Bertz CT molecular complexity index is 488. The average molecular weight is 311 g/mol. The van der Waals surface area contributed by atoms with Crippen LogP contribution >= 0.6 is 11.6 Å². The molecule has 0 aromatic heterocycles. The standard InChI is InChI=1S/C17H24ClFN2/c1-12-10-20-17(13-5-3-2-4-6-13)11-21(12)14-7-8-15(18)16(19)9-14/h7-9,12-13,17,20H,2-6,10-11H2,1H3. The molecule has 1 aromatic rings. The van der Waals surface area contributed by atoms with Gasteiger partial charge >= 0.3 is 0 Å². The van der Waals surface area contributed by atoms with Gasteiger partial charge in [0.05, 0.1) is 5.02 Å². The van der Waals surface area contributed by atoms with Gasteiger partial charge in [0.15, 0.2) is 0 Å². The van der Waals surface area contributed by atoms with Crippen LogP contribution in [0.15, 0.2) is 18.2 Å². The van der Waals surface area contributed by atoms with Gasteiger partial charge in [-0.25, -0.2) is 4.39 Å². The van der Waals surface area contributed by atoms with Gasteiger partial charge in [-0.05, 0) is 43.9 Å². The van der Waals surface area contributed by atoms with Gasteiger partial charge < -0.3 is 10.2 Å². The lowest BCUT2D eigenvalue weighted by Gasteiger charge is -2.44. The molecule has 1 saturated carbocycles. The molecule has 0 radical (unpaired) electrons. The van der Waals surface area contributed by atoms with E-state index in [9.17, 15) is 4.39 Å². The van der Waals surface area contributed by atoms with E-state index < -0.39 is 0 Å². The summed E-state index contributed by atoms with van der Waals surface area (Å²) in [6, 6.07) is 6.08. The van der Waals surface area contributed by atoms with Crippen LogP contribution in [0.1, 0.15) is 39.0 Å². The Morgan fingerprint density at radius 2 is 2.00 bits per heavy atom. The predicted octanol–water partition coefficient (Wildman–Crippen LogP) is 4.23. The number of piperazine rings is 1. The lowest BCUT2D eigenvalue weighted by atomic mass is 9.82. The SMILES string of the molecule is CC1CNC(C2CCCCC2)CN1c1ccc(Cl)c(F)c1. The molecule has 1 saturated heterocycles. The minimum absolute atomic E-state index is 0.199. The van der Waals surface area contributed by atoms with E-state index in [2.05, 4.69) is 17.1 Å². The summed E-state index contributed by atoms with van der Waals surface area (Å²) in [5, 5.41) is 3.90. The fraction of sp³-hybridized carbons (Fsp3) is 0.647. The molecule has 2 unspecified atom stereocenters. The molecule has 2 nitrogen and oxygen atoms in total. The number of hydrogen-bond donors (Lipinski definition) is 1. The summed E-state index contributed by atoms with van der Waals surface area (Å²) in [5.41, 5.74) is 0.951. The van der Waals surface area contributed by atoms with Gasteiger partial charge in [0, 0.05) is 30.9 Å². The highest BCUT2D eigenvalue weighted by atomic mass is 35.5. The monoisotopic (exact) mass is 310 g/mol. The molecule has 1 aromatic carbocycles. The van der Waals surface area contributed by atoms with E-state index >= 15 is 0 Å². The molecule has 116 valence electrons. The maximum Gasteiger partial charge on any atom is 0.143 e. The van der Waals surface area contributed by atoms with E-state index in [-0.39, 0.29) is 10.8 Å². The fourth-order valence-corrected chi connectivity index (χ4v) is 3.88. The molecular weight excluding hydrogens is 287 g/mol. The topological polar surface area (TPSA) is 15.3 Å². The third-order valence-electron chi connectivity index (χ3n) is 5.05. The number of anilines is 1. The van der Waals surface area contributed by atoms with Crippen molar-refractivity contribution >= 4 is 17.3 Å². The second-order valence-corrected chi connectivity index (χ2v) is 6.92. The van der Waals surface area contributed by atoms with Gasteiger partial charge in [0.25, 0.3) is 0 Å². The lowest BCUT2D eigenvalue weighted by molar-refractivity contribution is 0.245. The molecule has 0 bridgehead atoms. The van der Waals surface area contributed by atoms with Crippen LogP contribution in [0, 0.1) is 11.7 Å². The van der Waals surface area contributed by atoms with Gasteiger partial charge in [-0.1, -0.05) is 30.9 Å². The number of benzene rings is 1. The molecular formula is C17H24ClFN2. The molecule has 1 heterocycles. The fourth-order valence-electron chi connectivity index (χ4n) is 3.76. The summed E-state index contributed by atoms with van der Waals surface area (Å²) in [6.07, 6.45) is 6.75. The third-order valence-corrected chi connectivity index (χ3v) is 5.36. The molecule has 3 rings (SSSR count). The van der Waals surface area contributed by atoms with E-state index in [4.69, 9.17) is 11.6 Å². The molecule has 1 aliphatic heterocycles. The quantitative estimate of drug-likeness (QED) is 0.879. The first-order chi connectivity index (χ1) is 10.1. The van der Waals surface area contributed by atoms with Gasteiger partial charge in [-0.15, -0.1) is 0 Å². The van der Waals surface area contributed by atoms with Crippen molar-refractivity contribution < 1.29 is 4.39 Å². The maximum absolute atomic E-state index is 13.7. The number of halogens is 2. The van der Waals surface area contributed by atoms with E-state index in [1.165, 1.54) is 32.1 Å². The normalized spacial score (nSPS) is 27.9. The van der Waals surface area contributed by atoms with Crippen molar-refractivity contribution in [2.45, 2.75) is 51.1 Å². The Kier molecular flexibility index (Phi) is 4.70. The van der Waals surface area contributed by atoms with Crippen LogP contribution in [0.3, 0.4) is 0 Å². The number of rotatable bonds is 2. The molecule has 1 aliphatic carbocycles. The van der Waals surface area contributed by atoms with Crippen molar-refractivity contribution in [1.82, 2.24) is 5.32 Å². The predicted molar refractivity (Wildman–Crippen MR) is 86.6 cm³/mol. The smallest absolute Gasteiger partial charge is 0.143 e. The zero-order valence-electron chi connectivity index (χ0n) is 12.6. The largest absolute Gasteiger partial charge is 0.366 e. The zero-order valence-corrected chi connectivity index (χ0v) is 13.4. The van der Waals surface area contributed by atoms with Gasteiger partial charge in [-0.3, -0.25) is 0 Å². The van der Waals surface area contributed by atoms with Crippen LogP contribution in [-0.2, 0) is 0 Å². The summed E-state index contributed by atoms with van der Waals surface area (Å²) in [6.45, 7) is 4.12. The Labute approximate surface area is 131 Å². The molecule has 0 spiro atoms. The Morgan fingerprint density at radius 1 is 1.24 bits per heavy atom. The van der Waals surface area contributed by atoms with E-state index in [0.717, 1.165) is 24.7 Å². The maximum atomic E-state index is 13.7. The van der Waals surface area contributed by atoms with Crippen LogP contribution in [0.2, 0.25) is 5.02 Å². The summed E-state index contributed by atoms with van der Waals surface area (Å²) >= 11 is 5.80. The summed E-state index contributed by atoms with van der Waals surface area (Å²) < 4.78 is 13.7. The highest BCUT2D eigenvalue weighted by Crippen LogP contribution is 2.31. The first-order valence-corrected chi connectivity index (χ1v) is 8.48. The van der Waals surface area contributed by atoms with Crippen molar-refractivity contribution in [3.05, 3.63) is 29.0 Å². The highest BCUT2D eigenvalue weighted by Gasteiger charge is 2.31. The minimum Gasteiger partial charge on any atom is -0.366 e. The summed E-state index contributed by atoms with van der Waals surface area (Å²) in [5.74, 6) is 0.444. The van der Waals surface area contributed by atoms with Crippen molar-refractivity contribution in [1.29, 1.82) is 0 Å². The highest BCUT2D eigenvalue weighted by molar-refractivity contribution is 6.30.